The van der Waals surface area contributed by atoms with E-state index in [4.69, 9.17) is 0 Å². The summed E-state index contributed by atoms with van der Waals surface area (Å²) >= 11 is 0. The maximum atomic E-state index is 4.59. The van der Waals surface area contributed by atoms with Crippen molar-refractivity contribution in [1.82, 2.24) is 0 Å². The third kappa shape index (κ3) is 1.08. The molecule has 0 spiro atoms. The third-order valence-electron chi connectivity index (χ3n) is 3.22. The van der Waals surface area contributed by atoms with Crippen LogP contribution in [0.25, 0.3) is 0 Å². The SMILES string of the molecule is CC1=Nc2c(C)[n+](C)c(C)[n+](C)c2C1. The average molecular weight is 191 g/mol. The summed E-state index contributed by atoms with van der Waals surface area (Å²) in [7, 11) is 4.20. The monoisotopic (exact) mass is 191 g/mol. The van der Waals surface area contributed by atoms with Crippen molar-refractivity contribution in [3.63, 3.8) is 0 Å². The summed E-state index contributed by atoms with van der Waals surface area (Å²) in [6, 6.07) is 0. The van der Waals surface area contributed by atoms with Gasteiger partial charge in [-0.3, -0.25) is 0 Å². The highest BCUT2D eigenvalue weighted by Crippen LogP contribution is 2.25. The van der Waals surface area contributed by atoms with Gasteiger partial charge in [0, 0.05) is 12.6 Å². The van der Waals surface area contributed by atoms with Crippen LogP contribution in [0.5, 0.6) is 0 Å². The van der Waals surface area contributed by atoms with Crippen LogP contribution in [-0.4, -0.2) is 5.71 Å². The van der Waals surface area contributed by atoms with Gasteiger partial charge in [0.05, 0.1) is 13.3 Å². The second kappa shape index (κ2) is 2.87. The van der Waals surface area contributed by atoms with Gasteiger partial charge < -0.3 is 0 Å². The predicted octanol–water partition coefficient (Wildman–Crippen LogP) is 0.601. The van der Waals surface area contributed by atoms with Gasteiger partial charge in [0.1, 0.15) is 14.1 Å². The van der Waals surface area contributed by atoms with Gasteiger partial charge in [-0.25, -0.2) is 4.99 Å². The molecule has 0 N–H and O–H groups in total. The molecular formula is C11H17N3+2. The molecule has 0 aromatic carbocycles. The lowest BCUT2D eigenvalue weighted by Gasteiger charge is -2.01. The van der Waals surface area contributed by atoms with Crippen molar-refractivity contribution in [2.75, 3.05) is 0 Å². The standard InChI is InChI=1S/C11H17N3/c1-7-6-10-11(12-7)8(2)13(4)9(3)14(10)5/h6H2,1-5H3/q+2. The molecular weight excluding hydrogens is 174 g/mol. The fraction of sp³-hybridized carbons (Fsp3) is 0.545. The first-order chi connectivity index (χ1) is 6.52. The number of hydrogen-bond acceptors (Lipinski definition) is 1. The molecule has 74 valence electrons. The van der Waals surface area contributed by atoms with Gasteiger partial charge in [-0.05, 0) is 6.92 Å². The van der Waals surface area contributed by atoms with E-state index in [0.717, 1.165) is 12.1 Å². The highest BCUT2D eigenvalue weighted by atomic mass is 15.1. The Kier molecular flexibility index (Phi) is 1.91. The van der Waals surface area contributed by atoms with Gasteiger partial charge in [-0.1, -0.05) is 0 Å². The lowest BCUT2D eigenvalue weighted by Crippen LogP contribution is -2.51. The second-order valence-electron chi connectivity index (χ2n) is 4.07. The maximum Gasteiger partial charge on any atom is 0.414 e. The molecule has 1 aliphatic heterocycles. The normalized spacial score (nSPS) is 14.2. The first-order valence-electron chi connectivity index (χ1n) is 4.94. The number of fused-ring (bicyclic) bond motifs is 1. The van der Waals surface area contributed by atoms with E-state index in [2.05, 4.69) is 49.0 Å². The largest absolute Gasteiger partial charge is 0.414 e. The molecule has 0 saturated carbocycles. The van der Waals surface area contributed by atoms with Gasteiger partial charge in [-0.2, -0.15) is 0 Å². The number of aliphatic imine (C=N–C) groups is 1. The first kappa shape index (κ1) is 9.31. The molecule has 0 aliphatic carbocycles. The van der Waals surface area contributed by atoms with Crippen LogP contribution in [0, 0.1) is 13.8 Å². The van der Waals surface area contributed by atoms with Crippen LogP contribution in [0.2, 0.25) is 0 Å². The van der Waals surface area contributed by atoms with Gasteiger partial charge in [-0.15, -0.1) is 9.13 Å². The van der Waals surface area contributed by atoms with Crippen LogP contribution in [0.4, 0.5) is 5.69 Å². The zero-order chi connectivity index (χ0) is 10.5. The molecule has 2 rings (SSSR count). The Morgan fingerprint density at radius 1 is 1.07 bits per heavy atom. The van der Waals surface area contributed by atoms with Gasteiger partial charge in [0.25, 0.3) is 0 Å². The van der Waals surface area contributed by atoms with Crippen molar-refractivity contribution in [2.45, 2.75) is 27.2 Å². The zero-order valence-corrected chi connectivity index (χ0v) is 9.55. The molecule has 0 fully saturated rings. The number of hydrogen-bond donors (Lipinski definition) is 0. The van der Waals surface area contributed by atoms with Gasteiger partial charge >= 0.3 is 5.82 Å². The van der Waals surface area contributed by atoms with Crippen LogP contribution in [0.3, 0.4) is 0 Å². The second-order valence-corrected chi connectivity index (χ2v) is 4.07. The lowest BCUT2D eigenvalue weighted by atomic mass is 10.2. The van der Waals surface area contributed by atoms with Crippen molar-refractivity contribution >= 4 is 11.4 Å². The molecule has 0 atom stereocenters. The molecule has 2 heterocycles. The van der Waals surface area contributed by atoms with Crippen molar-refractivity contribution < 1.29 is 9.13 Å². The molecule has 1 aliphatic rings. The topological polar surface area (TPSA) is 20.1 Å². The number of rotatable bonds is 0. The Balaban J connectivity index is 2.78. The van der Waals surface area contributed by atoms with Crippen LogP contribution >= 0.6 is 0 Å². The van der Waals surface area contributed by atoms with E-state index in [-0.39, 0.29) is 0 Å². The van der Waals surface area contributed by atoms with Crippen molar-refractivity contribution in [3.8, 4) is 0 Å². The average Bonchev–Trinajstić information content (AvgIpc) is 2.54. The van der Waals surface area contributed by atoms with Crippen LogP contribution in [0.15, 0.2) is 4.99 Å². The molecule has 1 aromatic rings. The Morgan fingerprint density at radius 2 is 1.71 bits per heavy atom. The van der Waals surface area contributed by atoms with E-state index in [1.165, 1.54) is 22.9 Å². The first-order valence-corrected chi connectivity index (χ1v) is 4.94. The Hall–Kier alpha value is -1.25. The Labute approximate surface area is 84.7 Å². The molecule has 3 nitrogen and oxygen atoms in total. The summed E-state index contributed by atoms with van der Waals surface area (Å²) < 4.78 is 4.43. The quantitative estimate of drug-likeness (QED) is 0.535. The number of aromatic nitrogens is 2. The van der Waals surface area contributed by atoms with E-state index >= 15 is 0 Å². The highest BCUT2D eigenvalue weighted by molar-refractivity contribution is 5.91. The van der Waals surface area contributed by atoms with Crippen LogP contribution in [0.1, 0.15) is 24.1 Å². The van der Waals surface area contributed by atoms with Crippen molar-refractivity contribution in [1.29, 1.82) is 0 Å². The molecule has 1 aromatic heterocycles. The fourth-order valence-electron chi connectivity index (χ4n) is 2.01. The molecule has 0 radical (unpaired) electrons. The van der Waals surface area contributed by atoms with Crippen LogP contribution in [-0.2, 0) is 20.5 Å². The predicted molar refractivity (Wildman–Crippen MR) is 54.7 cm³/mol. The summed E-state index contributed by atoms with van der Waals surface area (Å²) in [5.74, 6) is 1.27. The van der Waals surface area contributed by atoms with E-state index < -0.39 is 0 Å². The Bertz CT molecular complexity index is 445. The summed E-state index contributed by atoms with van der Waals surface area (Å²) in [5, 5.41) is 0. The minimum atomic E-state index is 0.994. The maximum absolute atomic E-state index is 4.59. The van der Waals surface area contributed by atoms with E-state index in [9.17, 15) is 0 Å². The van der Waals surface area contributed by atoms with Gasteiger partial charge in [0.15, 0.2) is 5.69 Å². The molecule has 0 bridgehead atoms. The minimum absolute atomic E-state index is 0.994. The molecule has 3 heteroatoms. The lowest BCUT2D eigenvalue weighted by molar-refractivity contribution is -0.819. The summed E-state index contributed by atoms with van der Waals surface area (Å²) in [6.45, 7) is 6.36. The van der Waals surface area contributed by atoms with E-state index in [1.54, 1.807) is 0 Å². The number of nitrogens with zero attached hydrogens (tertiary/aromatic N) is 3. The minimum Gasteiger partial charge on any atom is -0.245 e. The third-order valence-corrected chi connectivity index (χ3v) is 3.22. The summed E-state index contributed by atoms with van der Waals surface area (Å²) in [4.78, 5) is 4.59. The molecule has 14 heavy (non-hydrogen) atoms. The van der Waals surface area contributed by atoms with Crippen molar-refractivity contribution in [2.24, 2.45) is 19.1 Å². The van der Waals surface area contributed by atoms with Crippen LogP contribution < -0.4 is 9.13 Å². The summed E-state index contributed by atoms with van der Waals surface area (Å²) in [6.07, 6.45) is 0.994. The smallest absolute Gasteiger partial charge is 0.245 e. The fourth-order valence-corrected chi connectivity index (χ4v) is 2.01. The highest BCUT2D eigenvalue weighted by Gasteiger charge is 2.31. The zero-order valence-electron chi connectivity index (χ0n) is 9.55. The molecule has 0 saturated heterocycles. The molecule has 0 amide bonds. The van der Waals surface area contributed by atoms with E-state index in [0.29, 0.717) is 0 Å². The molecule has 0 unspecified atom stereocenters. The summed E-state index contributed by atoms with van der Waals surface area (Å²) in [5.41, 5.74) is 4.98. The van der Waals surface area contributed by atoms with Gasteiger partial charge in [0.2, 0.25) is 11.4 Å². The van der Waals surface area contributed by atoms with E-state index in [1.807, 2.05) is 0 Å². The Morgan fingerprint density at radius 3 is 2.36 bits per heavy atom. The van der Waals surface area contributed by atoms with Crippen molar-refractivity contribution in [3.05, 3.63) is 17.2 Å².